The predicted molar refractivity (Wildman–Crippen MR) is 77.2 cm³/mol. The van der Waals surface area contributed by atoms with Gasteiger partial charge in [0.1, 0.15) is 22.8 Å². The van der Waals surface area contributed by atoms with Gasteiger partial charge >= 0.3 is 0 Å². The highest BCUT2D eigenvalue weighted by Gasteiger charge is 2.32. The molecular formula is C13H16ClNO3S. The first kappa shape index (κ1) is 14.3. The van der Waals surface area contributed by atoms with Crippen LogP contribution in [0.3, 0.4) is 0 Å². The number of hydrogen-bond acceptors (Lipinski definition) is 4. The summed E-state index contributed by atoms with van der Waals surface area (Å²) < 4.78 is 10.6. The van der Waals surface area contributed by atoms with E-state index in [0.29, 0.717) is 0 Å². The number of benzene rings is 1. The first-order valence-corrected chi connectivity index (χ1v) is 7.48. The van der Waals surface area contributed by atoms with Gasteiger partial charge in [-0.2, -0.15) is 0 Å². The van der Waals surface area contributed by atoms with Crippen molar-refractivity contribution in [2.75, 3.05) is 32.4 Å². The van der Waals surface area contributed by atoms with E-state index in [-0.39, 0.29) is 17.2 Å². The second-order valence-corrected chi connectivity index (χ2v) is 5.51. The maximum atomic E-state index is 11.8. The number of thioether (sulfide) groups is 1. The molecule has 0 unspecified atom stereocenters. The molecule has 1 atom stereocenters. The molecule has 0 aliphatic carbocycles. The fourth-order valence-electron chi connectivity index (χ4n) is 2.08. The summed E-state index contributed by atoms with van der Waals surface area (Å²) in [4.78, 5) is 13.6. The molecule has 6 heteroatoms. The van der Waals surface area contributed by atoms with E-state index < -0.39 is 0 Å². The molecule has 0 aromatic heterocycles. The number of carbonyl (C=O) groups excluding carboxylic acids is 1. The van der Waals surface area contributed by atoms with Gasteiger partial charge in [-0.3, -0.25) is 4.79 Å². The molecule has 4 nitrogen and oxygen atoms in total. The van der Waals surface area contributed by atoms with E-state index in [1.807, 2.05) is 18.2 Å². The van der Waals surface area contributed by atoms with Gasteiger partial charge in [0, 0.05) is 23.9 Å². The van der Waals surface area contributed by atoms with Crippen molar-refractivity contribution in [3.8, 4) is 11.5 Å². The Morgan fingerprint density at radius 1 is 1.47 bits per heavy atom. The van der Waals surface area contributed by atoms with Crippen LogP contribution in [0, 0.1) is 0 Å². The lowest BCUT2D eigenvalue weighted by atomic mass is 10.1. The molecule has 1 saturated heterocycles. The highest BCUT2D eigenvalue weighted by molar-refractivity contribution is 7.99. The molecule has 0 spiro atoms. The van der Waals surface area contributed by atoms with Crippen molar-refractivity contribution in [3.05, 3.63) is 23.8 Å². The minimum Gasteiger partial charge on any atom is -0.497 e. The summed E-state index contributed by atoms with van der Waals surface area (Å²) in [6.45, 7) is 0.718. The SMILES string of the molecule is COc1ccc([C@@H]2SCCN2C(=O)CCl)c(OC)c1. The van der Waals surface area contributed by atoms with Crippen LogP contribution in [0.5, 0.6) is 11.5 Å². The van der Waals surface area contributed by atoms with Gasteiger partial charge < -0.3 is 14.4 Å². The monoisotopic (exact) mass is 301 g/mol. The quantitative estimate of drug-likeness (QED) is 0.801. The maximum absolute atomic E-state index is 11.8. The Morgan fingerprint density at radius 2 is 2.26 bits per heavy atom. The van der Waals surface area contributed by atoms with Crippen molar-refractivity contribution < 1.29 is 14.3 Å². The average molecular weight is 302 g/mol. The first-order valence-electron chi connectivity index (χ1n) is 5.90. The minimum atomic E-state index is -0.0467. The molecular weight excluding hydrogens is 286 g/mol. The number of ether oxygens (including phenoxy) is 2. The summed E-state index contributed by atoms with van der Waals surface area (Å²) in [7, 11) is 3.23. The molecule has 0 bridgehead atoms. The molecule has 104 valence electrons. The Morgan fingerprint density at radius 3 is 2.89 bits per heavy atom. The molecule has 2 rings (SSSR count). The van der Waals surface area contributed by atoms with Crippen LogP contribution >= 0.6 is 23.4 Å². The molecule has 1 aromatic rings. The fourth-order valence-corrected chi connectivity index (χ4v) is 3.54. The average Bonchev–Trinajstić information content (AvgIpc) is 2.94. The number of halogens is 1. The van der Waals surface area contributed by atoms with Crippen molar-refractivity contribution in [1.29, 1.82) is 0 Å². The summed E-state index contributed by atoms with van der Waals surface area (Å²) >= 11 is 7.37. The Balaban J connectivity index is 2.32. The van der Waals surface area contributed by atoms with Crippen LogP contribution in [-0.4, -0.2) is 43.2 Å². The molecule has 1 fully saturated rings. The number of rotatable bonds is 4. The first-order chi connectivity index (χ1) is 9.21. The van der Waals surface area contributed by atoms with Crippen LogP contribution in [0.25, 0.3) is 0 Å². The summed E-state index contributed by atoms with van der Waals surface area (Å²) in [5.41, 5.74) is 0.976. The van der Waals surface area contributed by atoms with Gasteiger partial charge in [0.2, 0.25) is 5.91 Å². The lowest BCUT2D eigenvalue weighted by Crippen LogP contribution is -2.31. The fraction of sp³-hybridized carbons (Fsp3) is 0.462. The van der Waals surface area contributed by atoms with Gasteiger partial charge in [0.15, 0.2) is 0 Å². The standard InChI is InChI=1S/C13H16ClNO3S/c1-17-9-3-4-10(11(7-9)18-2)13-15(5-6-19-13)12(16)8-14/h3-4,7,13H,5-6,8H2,1-2H3/t13-/m0/s1. The number of amides is 1. The van der Waals surface area contributed by atoms with Crippen LogP contribution in [0.2, 0.25) is 0 Å². The second kappa shape index (κ2) is 6.39. The summed E-state index contributed by atoms with van der Waals surface area (Å²) in [6, 6.07) is 5.65. The zero-order valence-electron chi connectivity index (χ0n) is 10.9. The third-order valence-corrected chi connectivity index (χ3v) is 4.50. The molecule has 1 aliphatic heterocycles. The Bertz CT molecular complexity index is 469. The Hall–Kier alpha value is -1.07. The Labute approximate surface area is 122 Å². The molecule has 0 N–H and O–H groups in total. The molecule has 1 aliphatic rings. The van der Waals surface area contributed by atoms with Crippen LogP contribution in [0.15, 0.2) is 18.2 Å². The van der Waals surface area contributed by atoms with Crippen LogP contribution in [0.1, 0.15) is 10.9 Å². The number of alkyl halides is 1. The summed E-state index contributed by atoms with van der Waals surface area (Å²) in [6.07, 6.45) is 0. The van der Waals surface area contributed by atoms with Crippen molar-refractivity contribution in [2.45, 2.75) is 5.37 Å². The van der Waals surface area contributed by atoms with Crippen LogP contribution in [0.4, 0.5) is 0 Å². The van der Waals surface area contributed by atoms with Crippen molar-refractivity contribution in [2.24, 2.45) is 0 Å². The van der Waals surface area contributed by atoms with Gasteiger partial charge in [0.25, 0.3) is 0 Å². The summed E-state index contributed by atoms with van der Waals surface area (Å²) in [5.74, 6) is 2.33. The van der Waals surface area contributed by atoms with Crippen LogP contribution in [-0.2, 0) is 4.79 Å². The van der Waals surface area contributed by atoms with Gasteiger partial charge in [-0.15, -0.1) is 23.4 Å². The molecule has 1 aromatic carbocycles. The van der Waals surface area contributed by atoms with Gasteiger partial charge in [-0.1, -0.05) is 0 Å². The smallest absolute Gasteiger partial charge is 0.238 e. The van der Waals surface area contributed by atoms with Crippen molar-refractivity contribution in [1.82, 2.24) is 4.90 Å². The number of hydrogen-bond donors (Lipinski definition) is 0. The van der Waals surface area contributed by atoms with E-state index in [1.165, 1.54) is 0 Å². The van der Waals surface area contributed by atoms with E-state index in [0.717, 1.165) is 29.4 Å². The van der Waals surface area contributed by atoms with Crippen LogP contribution < -0.4 is 9.47 Å². The zero-order valence-corrected chi connectivity index (χ0v) is 12.5. The Kier molecular flexibility index (Phi) is 4.82. The molecule has 19 heavy (non-hydrogen) atoms. The van der Waals surface area contributed by atoms with E-state index >= 15 is 0 Å². The number of carbonyl (C=O) groups is 1. The lowest BCUT2D eigenvalue weighted by molar-refractivity contribution is -0.128. The highest BCUT2D eigenvalue weighted by atomic mass is 35.5. The molecule has 0 radical (unpaired) electrons. The zero-order chi connectivity index (χ0) is 13.8. The third kappa shape index (κ3) is 2.92. The lowest BCUT2D eigenvalue weighted by Gasteiger charge is -2.25. The summed E-state index contributed by atoms with van der Waals surface area (Å²) in [5, 5.41) is -0.0351. The van der Waals surface area contributed by atoms with Gasteiger partial charge in [0.05, 0.1) is 14.2 Å². The maximum Gasteiger partial charge on any atom is 0.238 e. The van der Waals surface area contributed by atoms with E-state index in [4.69, 9.17) is 21.1 Å². The minimum absolute atomic E-state index is 0.00945. The normalized spacial score (nSPS) is 18.5. The highest BCUT2D eigenvalue weighted by Crippen LogP contribution is 2.42. The molecule has 0 saturated carbocycles. The number of nitrogens with zero attached hydrogens (tertiary/aromatic N) is 1. The largest absolute Gasteiger partial charge is 0.497 e. The molecule has 1 amide bonds. The molecule has 1 heterocycles. The predicted octanol–water partition coefficient (Wildman–Crippen LogP) is 2.52. The van der Waals surface area contributed by atoms with E-state index in [2.05, 4.69) is 0 Å². The van der Waals surface area contributed by atoms with E-state index in [9.17, 15) is 4.79 Å². The van der Waals surface area contributed by atoms with Crippen molar-refractivity contribution >= 4 is 29.3 Å². The van der Waals surface area contributed by atoms with Gasteiger partial charge in [-0.05, 0) is 12.1 Å². The third-order valence-electron chi connectivity index (χ3n) is 3.03. The number of methoxy groups -OCH3 is 2. The second-order valence-electron chi connectivity index (χ2n) is 4.05. The topological polar surface area (TPSA) is 38.8 Å². The van der Waals surface area contributed by atoms with Gasteiger partial charge in [-0.25, -0.2) is 0 Å². The van der Waals surface area contributed by atoms with E-state index in [1.54, 1.807) is 30.9 Å². The van der Waals surface area contributed by atoms with Crippen molar-refractivity contribution in [3.63, 3.8) is 0 Å².